The fraction of sp³-hybridized carbons (Fsp3) is 0.611. The highest BCUT2D eigenvalue weighted by Gasteiger charge is 2.30. The Bertz CT molecular complexity index is 804. The van der Waals surface area contributed by atoms with Crippen LogP contribution in [0, 0.1) is 5.92 Å². The van der Waals surface area contributed by atoms with Crippen molar-refractivity contribution < 1.29 is 18.0 Å². The summed E-state index contributed by atoms with van der Waals surface area (Å²) in [6.45, 7) is 4.17. The highest BCUT2D eigenvalue weighted by Crippen LogP contribution is 2.22. The zero-order chi connectivity index (χ0) is 20.1. The number of sulfonamides is 1. The predicted octanol–water partition coefficient (Wildman–Crippen LogP) is 0.408. The van der Waals surface area contributed by atoms with Crippen LogP contribution < -0.4 is 15.5 Å². The Hall–Kier alpha value is -2.20. The smallest absolute Gasteiger partial charge is 0.239 e. The van der Waals surface area contributed by atoms with Crippen LogP contribution in [0.1, 0.15) is 26.2 Å². The van der Waals surface area contributed by atoms with Gasteiger partial charge in [0.1, 0.15) is 5.82 Å². The molecule has 3 heterocycles. The number of piperazine rings is 1. The number of pyridine rings is 1. The quantitative estimate of drug-likeness (QED) is 0.704. The van der Waals surface area contributed by atoms with E-state index in [2.05, 4.69) is 15.6 Å². The van der Waals surface area contributed by atoms with E-state index in [9.17, 15) is 18.0 Å². The maximum Gasteiger partial charge on any atom is 0.239 e. The zero-order valence-electron chi connectivity index (χ0n) is 16.1. The fourth-order valence-corrected chi connectivity index (χ4v) is 5.05. The number of piperidine rings is 1. The molecule has 0 aromatic carbocycles. The third kappa shape index (κ3) is 4.99. The lowest BCUT2D eigenvalue weighted by Crippen LogP contribution is -2.48. The molecule has 9 nitrogen and oxygen atoms in total. The average Bonchev–Trinajstić information content (AvgIpc) is 2.68. The Labute approximate surface area is 165 Å². The van der Waals surface area contributed by atoms with Gasteiger partial charge < -0.3 is 15.5 Å². The molecule has 0 spiro atoms. The van der Waals surface area contributed by atoms with E-state index in [4.69, 9.17) is 0 Å². The first-order valence-electron chi connectivity index (χ1n) is 9.65. The summed E-state index contributed by atoms with van der Waals surface area (Å²) in [6, 6.07) is 3.56. The lowest BCUT2D eigenvalue weighted by Gasteiger charge is -2.30. The molecule has 1 aromatic heterocycles. The van der Waals surface area contributed by atoms with Gasteiger partial charge in [0.25, 0.3) is 0 Å². The number of carbonyl (C=O) groups excluding carboxylic acids is 2. The van der Waals surface area contributed by atoms with Gasteiger partial charge in [-0.05, 0) is 31.4 Å². The standard InChI is InChI=1S/C18H27N5O4S/c1-2-11-28(26,27)23-8-5-14(6-9-23)18(25)21-15-3-4-16(20-12-15)22-10-7-19-17(24)13-22/h3-4,12,14H,2,5-11,13H2,1H3,(H,19,24)(H,21,25). The number of carbonyl (C=O) groups is 2. The van der Waals surface area contributed by atoms with E-state index in [1.165, 1.54) is 4.31 Å². The second kappa shape index (κ2) is 8.87. The van der Waals surface area contributed by atoms with Gasteiger partial charge in [-0.1, -0.05) is 6.92 Å². The van der Waals surface area contributed by atoms with Crippen molar-refractivity contribution in [3.63, 3.8) is 0 Å². The molecule has 1 aromatic rings. The Balaban J connectivity index is 1.52. The van der Waals surface area contributed by atoms with Crippen LogP contribution in [0.3, 0.4) is 0 Å². The highest BCUT2D eigenvalue weighted by atomic mass is 32.2. The second-order valence-corrected chi connectivity index (χ2v) is 9.24. The molecule has 0 aliphatic carbocycles. The number of nitrogens with zero attached hydrogens (tertiary/aromatic N) is 3. The molecule has 2 saturated heterocycles. The first-order chi connectivity index (χ1) is 13.4. The minimum atomic E-state index is -3.20. The van der Waals surface area contributed by atoms with Crippen LogP contribution in [-0.2, 0) is 19.6 Å². The predicted molar refractivity (Wildman–Crippen MR) is 106 cm³/mol. The minimum Gasteiger partial charge on any atom is -0.353 e. The van der Waals surface area contributed by atoms with Gasteiger partial charge in [-0.25, -0.2) is 17.7 Å². The number of hydrogen-bond acceptors (Lipinski definition) is 6. The summed E-state index contributed by atoms with van der Waals surface area (Å²) in [5.41, 5.74) is 0.594. The SMILES string of the molecule is CCCS(=O)(=O)N1CCC(C(=O)Nc2ccc(N3CCNC(=O)C3)nc2)CC1. The lowest BCUT2D eigenvalue weighted by molar-refractivity contribution is -0.121. The van der Waals surface area contributed by atoms with Crippen LogP contribution in [0.15, 0.2) is 18.3 Å². The molecule has 28 heavy (non-hydrogen) atoms. The molecule has 0 saturated carbocycles. The molecule has 2 amide bonds. The van der Waals surface area contributed by atoms with Gasteiger partial charge in [0, 0.05) is 32.1 Å². The Morgan fingerprint density at radius 3 is 2.64 bits per heavy atom. The maximum atomic E-state index is 12.5. The van der Waals surface area contributed by atoms with E-state index in [1.54, 1.807) is 18.3 Å². The summed E-state index contributed by atoms with van der Waals surface area (Å²) < 4.78 is 25.7. The molecule has 2 fully saturated rings. The van der Waals surface area contributed by atoms with E-state index in [0.717, 1.165) is 0 Å². The monoisotopic (exact) mass is 409 g/mol. The molecular weight excluding hydrogens is 382 g/mol. The molecular formula is C18H27N5O4S. The Morgan fingerprint density at radius 1 is 1.29 bits per heavy atom. The van der Waals surface area contributed by atoms with E-state index < -0.39 is 10.0 Å². The van der Waals surface area contributed by atoms with Crippen molar-refractivity contribution in [1.82, 2.24) is 14.6 Å². The van der Waals surface area contributed by atoms with Crippen molar-refractivity contribution >= 4 is 33.3 Å². The van der Waals surface area contributed by atoms with E-state index in [1.807, 2.05) is 11.8 Å². The summed E-state index contributed by atoms with van der Waals surface area (Å²) in [6.07, 6.45) is 3.21. The van der Waals surface area contributed by atoms with Crippen molar-refractivity contribution in [2.45, 2.75) is 26.2 Å². The summed E-state index contributed by atoms with van der Waals surface area (Å²) in [7, 11) is -3.20. The van der Waals surface area contributed by atoms with Gasteiger partial charge >= 0.3 is 0 Å². The molecule has 0 bridgehead atoms. The van der Waals surface area contributed by atoms with Gasteiger partial charge in [0.05, 0.1) is 24.2 Å². The molecule has 2 aliphatic heterocycles. The summed E-state index contributed by atoms with van der Waals surface area (Å²) in [5, 5.41) is 5.63. The molecule has 10 heteroatoms. The van der Waals surface area contributed by atoms with Crippen LogP contribution in [0.2, 0.25) is 0 Å². The van der Waals surface area contributed by atoms with Crippen LogP contribution in [0.5, 0.6) is 0 Å². The molecule has 0 atom stereocenters. The summed E-state index contributed by atoms with van der Waals surface area (Å²) >= 11 is 0. The summed E-state index contributed by atoms with van der Waals surface area (Å²) in [5.74, 6) is 0.499. The topological polar surface area (TPSA) is 112 Å². The number of nitrogens with one attached hydrogen (secondary N) is 2. The number of aromatic nitrogens is 1. The van der Waals surface area contributed by atoms with Gasteiger partial charge in [-0.15, -0.1) is 0 Å². The van der Waals surface area contributed by atoms with Crippen LogP contribution in [0.25, 0.3) is 0 Å². The van der Waals surface area contributed by atoms with Crippen LogP contribution >= 0.6 is 0 Å². The molecule has 0 unspecified atom stereocenters. The lowest BCUT2D eigenvalue weighted by atomic mass is 9.97. The van der Waals surface area contributed by atoms with E-state index >= 15 is 0 Å². The maximum absolute atomic E-state index is 12.5. The minimum absolute atomic E-state index is 0.0299. The first-order valence-corrected chi connectivity index (χ1v) is 11.3. The molecule has 3 rings (SSSR count). The van der Waals surface area contributed by atoms with Gasteiger partial charge in [0.15, 0.2) is 0 Å². The Kier molecular flexibility index (Phi) is 6.50. The van der Waals surface area contributed by atoms with Gasteiger partial charge in [-0.2, -0.15) is 0 Å². The van der Waals surface area contributed by atoms with Crippen molar-refractivity contribution in [2.24, 2.45) is 5.92 Å². The van der Waals surface area contributed by atoms with Crippen molar-refractivity contribution in [3.8, 4) is 0 Å². The summed E-state index contributed by atoms with van der Waals surface area (Å²) in [4.78, 5) is 30.2. The van der Waals surface area contributed by atoms with Crippen LogP contribution in [-0.4, -0.2) is 68.0 Å². The molecule has 0 radical (unpaired) electrons. The fourth-order valence-electron chi connectivity index (χ4n) is 3.51. The normalized spacial score (nSPS) is 19.3. The molecule has 2 N–H and O–H groups in total. The average molecular weight is 410 g/mol. The third-order valence-corrected chi connectivity index (χ3v) is 7.13. The van der Waals surface area contributed by atoms with E-state index in [-0.39, 0.29) is 30.0 Å². The third-order valence-electron chi connectivity index (χ3n) is 5.06. The highest BCUT2D eigenvalue weighted by molar-refractivity contribution is 7.89. The van der Waals surface area contributed by atoms with Crippen molar-refractivity contribution in [2.75, 3.05) is 48.7 Å². The second-order valence-electron chi connectivity index (χ2n) is 7.16. The number of amides is 2. The van der Waals surface area contributed by atoms with Crippen molar-refractivity contribution in [3.05, 3.63) is 18.3 Å². The molecule has 154 valence electrons. The zero-order valence-corrected chi connectivity index (χ0v) is 16.9. The van der Waals surface area contributed by atoms with Crippen LogP contribution in [0.4, 0.5) is 11.5 Å². The number of hydrogen-bond donors (Lipinski definition) is 2. The number of rotatable bonds is 6. The van der Waals surface area contributed by atoms with Crippen molar-refractivity contribution in [1.29, 1.82) is 0 Å². The van der Waals surface area contributed by atoms with E-state index in [0.29, 0.717) is 56.9 Å². The van der Waals surface area contributed by atoms with Gasteiger partial charge in [0.2, 0.25) is 21.8 Å². The molecule has 2 aliphatic rings. The number of anilines is 2. The van der Waals surface area contributed by atoms with Gasteiger partial charge in [-0.3, -0.25) is 9.59 Å². The largest absolute Gasteiger partial charge is 0.353 e. The Morgan fingerprint density at radius 2 is 2.04 bits per heavy atom. The first kappa shape index (κ1) is 20.5.